The third-order valence-electron chi connectivity index (χ3n) is 3.15. The number of nitrogens with one attached hydrogen (secondary N) is 1. The van der Waals surface area contributed by atoms with Crippen LogP contribution in [0.4, 0.5) is 0 Å². The summed E-state index contributed by atoms with van der Waals surface area (Å²) in [7, 11) is 0. The summed E-state index contributed by atoms with van der Waals surface area (Å²) in [6.45, 7) is 1.22. The van der Waals surface area contributed by atoms with Gasteiger partial charge >= 0.3 is 0 Å². The largest absolute Gasteiger partial charge is 0.486 e. The monoisotopic (exact) mass is 311 g/mol. The van der Waals surface area contributed by atoms with Gasteiger partial charge in [-0.1, -0.05) is 23.2 Å². The average Bonchev–Trinajstić information content (AvgIpc) is 3.16. The van der Waals surface area contributed by atoms with Gasteiger partial charge in [0.25, 0.3) is 0 Å². The van der Waals surface area contributed by atoms with E-state index in [1.54, 1.807) is 24.5 Å². The molecule has 1 aliphatic rings. The molecule has 1 aromatic carbocycles. The Morgan fingerprint density at radius 2 is 2.05 bits per heavy atom. The van der Waals surface area contributed by atoms with Crippen molar-refractivity contribution in [2.24, 2.45) is 0 Å². The van der Waals surface area contributed by atoms with Crippen molar-refractivity contribution in [3.8, 4) is 5.75 Å². The molecule has 1 N–H and O–H groups in total. The molecule has 0 atom stereocenters. The average molecular weight is 312 g/mol. The first-order valence-electron chi connectivity index (χ1n) is 6.58. The Balaban J connectivity index is 1.53. The van der Waals surface area contributed by atoms with Crippen LogP contribution in [-0.2, 0) is 13.2 Å². The van der Waals surface area contributed by atoms with E-state index in [1.807, 2.05) is 6.07 Å². The summed E-state index contributed by atoms with van der Waals surface area (Å²) in [6, 6.07) is 7.90. The van der Waals surface area contributed by atoms with Gasteiger partial charge in [-0.15, -0.1) is 0 Å². The van der Waals surface area contributed by atoms with Crippen molar-refractivity contribution in [3.63, 3.8) is 0 Å². The highest BCUT2D eigenvalue weighted by molar-refractivity contribution is 6.42. The van der Waals surface area contributed by atoms with E-state index in [2.05, 4.69) is 5.32 Å². The normalized spacial score (nSPS) is 14.5. The van der Waals surface area contributed by atoms with Crippen LogP contribution < -0.4 is 10.1 Å². The van der Waals surface area contributed by atoms with Crippen LogP contribution in [0.1, 0.15) is 24.2 Å². The summed E-state index contributed by atoms with van der Waals surface area (Å²) in [5.41, 5.74) is 1.14. The zero-order valence-electron chi connectivity index (χ0n) is 10.9. The minimum absolute atomic E-state index is 0.376. The van der Waals surface area contributed by atoms with E-state index in [4.69, 9.17) is 32.4 Å². The number of ether oxygens (including phenoxy) is 1. The second kappa shape index (κ2) is 6.08. The van der Waals surface area contributed by atoms with Gasteiger partial charge in [0, 0.05) is 24.2 Å². The molecule has 1 fully saturated rings. The van der Waals surface area contributed by atoms with Crippen LogP contribution in [0.5, 0.6) is 5.75 Å². The molecule has 0 unspecified atom stereocenters. The van der Waals surface area contributed by atoms with E-state index in [0.717, 1.165) is 17.9 Å². The van der Waals surface area contributed by atoms with Gasteiger partial charge in [-0.05, 0) is 31.0 Å². The topological polar surface area (TPSA) is 34.4 Å². The van der Waals surface area contributed by atoms with Crippen molar-refractivity contribution in [3.05, 3.63) is 51.9 Å². The van der Waals surface area contributed by atoms with Crippen LogP contribution in [0.2, 0.25) is 10.0 Å². The van der Waals surface area contributed by atoms with Crippen molar-refractivity contribution in [1.29, 1.82) is 0 Å². The molecule has 20 heavy (non-hydrogen) atoms. The van der Waals surface area contributed by atoms with E-state index in [1.165, 1.54) is 12.8 Å². The molecule has 3 rings (SSSR count). The van der Waals surface area contributed by atoms with Crippen LogP contribution in [0, 0.1) is 0 Å². The van der Waals surface area contributed by atoms with Gasteiger partial charge < -0.3 is 14.5 Å². The quantitative estimate of drug-likeness (QED) is 0.857. The van der Waals surface area contributed by atoms with Crippen LogP contribution in [0.3, 0.4) is 0 Å². The number of hydrogen-bond acceptors (Lipinski definition) is 3. The Bertz CT molecular complexity index is 593. The van der Waals surface area contributed by atoms with E-state index in [-0.39, 0.29) is 0 Å². The zero-order chi connectivity index (χ0) is 13.9. The molecule has 0 aliphatic heterocycles. The molecule has 0 radical (unpaired) electrons. The number of rotatable bonds is 6. The first kappa shape index (κ1) is 13.8. The smallest absolute Gasteiger partial charge is 0.146 e. The Labute approximate surface area is 127 Å². The second-order valence-corrected chi connectivity index (χ2v) is 5.76. The third-order valence-corrected chi connectivity index (χ3v) is 3.89. The van der Waals surface area contributed by atoms with Crippen molar-refractivity contribution >= 4 is 23.2 Å². The van der Waals surface area contributed by atoms with Crippen molar-refractivity contribution in [2.75, 3.05) is 0 Å². The molecule has 106 valence electrons. The highest BCUT2D eigenvalue weighted by atomic mass is 35.5. The Kier molecular flexibility index (Phi) is 4.20. The summed E-state index contributed by atoms with van der Waals surface area (Å²) in [5.74, 6) is 1.47. The number of furan rings is 1. The van der Waals surface area contributed by atoms with Gasteiger partial charge in [0.05, 0.1) is 16.3 Å². The summed E-state index contributed by atoms with van der Waals surface area (Å²) in [4.78, 5) is 0. The van der Waals surface area contributed by atoms with Gasteiger partial charge in [0.1, 0.15) is 18.1 Å². The SMILES string of the molecule is Clc1ccc(OCc2cc(CNC3CC3)co2)cc1Cl. The molecule has 0 saturated heterocycles. The van der Waals surface area contributed by atoms with Crippen LogP contribution in [0.25, 0.3) is 0 Å². The lowest BCUT2D eigenvalue weighted by Crippen LogP contribution is -2.14. The molecular weight excluding hydrogens is 297 g/mol. The predicted molar refractivity (Wildman–Crippen MR) is 79.4 cm³/mol. The fourth-order valence-corrected chi connectivity index (χ4v) is 2.15. The first-order chi connectivity index (χ1) is 9.70. The minimum Gasteiger partial charge on any atom is -0.486 e. The summed E-state index contributed by atoms with van der Waals surface area (Å²) in [6.07, 6.45) is 4.33. The van der Waals surface area contributed by atoms with Gasteiger partial charge in [-0.2, -0.15) is 0 Å². The number of hydrogen-bond donors (Lipinski definition) is 1. The highest BCUT2D eigenvalue weighted by Gasteiger charge is 2.20. The fourth-order valence-electron chi connectivity index (χ4n) is 1.87. The Morgan fingerprint density at radius 1 is 1.20 bits per heavy atom. The standard InChI is InChI=1S/C15H15Cl2NO2/c16-14-4-3-12(6-15(14)17)20-9-13-5-10(8-19-13)7-18-11-1-2-11/h3-6,8,11,18H,1-2,7,9H2. The predicted octanol–water partition coefficient (Wildman–Crippen LogP) is 4.42. The zero-order valence-corrected chi connectivity index (χ0v) is 12.4. The molecule has 2 aromatic rings. The minimum atomic E-state index is 0.376. The van der Waals surface area contributed by atoms with Crippen molar-refractivity contribution in [2.45, 2.75) is 32.0 Å². The van der Waals surface area contributed by atoms with E-state index >= 15 is 0 Å². The van der Waals surface area contributed by atoms with Crippen LogP contribution in [-0.4, -0.2) is 6.04 Å². The molecule has 0 amide bonds. The molecular formula is C15H15Cl2NO2. The Morgan fingerprint density at radius 3 is 2.80 bits per heavy atom. The van der Waals surface area contributed by atoms with E-state index in [9.17, 15) is 0 Å². The van der Waals surface area contributed by atoms with Gasteiger partial charge in [-0.3, -0.25) is 0 Å². The summed E-state index contributed by atoms with van der Waals surface area (Å²) < 4.78 is 11.1. The number of halogens is 2. The maximum atomic E-state index is 5.93. The second-order valence-electron chi connectivity index (χ2n) is 4.94. The molecule has 1 aromatic heterocycles. The molecule has 1 saturated carbocycles. The molecule has 5 heteroatoms. The lowest BCUT2D eigenvalue weighted by atomic mass is 10.3. The molecule has 0 spiro atoms. The molecule has 1 heterocycles. The maximum Gasteiger partial charge on any atom is 0.146 e. The van der Waals surface area contributed by atoms with Crippen LogP contribution in [0.15, 0.2) is 34.9 Å². The van der Waals surface area contributed by atoms with E-state index in [0.29, 0.717) is 28.4 Å². The Hall–Kier alpha value is -1.16. The van der Waals surface area contributed by atoms with Crippen molar-refractivity contribution in [1.82, 2.24) is 5.32 Å². The van der Waals surface area contributed by atoms with E-state index < -0.39 is 0 Å². The van der Waals surface area contributed by atoms with Gasteiger partial charge in [-0.25, -0.2) is 0 Å². The molecule has 0 bridgehead atoms. The number of benzene rings is 1. The lowest BCUT2D eigenvalue weighted by Gasteiger charge is -2.05. The summed E-state index contributed by atoms with van der Waals surface area (Å²) in [5, 5.41) is 4.44. The fraction of sp³-hybridized carbons (Fsp3) is 0.333. The molecule has 3 nitrogen and oxygen atoms in total. The third kappa shape index (κ3) is 3.69. The van der Waals surface area contributed by atoms with Gasteiger partial charge in [0.2, 0.25) is 0 Å². The maximum absolute atomic E-state index is 5.93. The van der Waals surface area contributed by atoms with Crippen molar-refractivity contribution < 1.29 is 9.15 Å². The lowest BCUT2D eigenvalue weighted by molar-refractivity contribution is 0.270. The highest BCUT2D eigenvalue weighted by Crippen LogP contribution is 2.27. The van der Waals surface area contributed by atoms with Crippen LogP contribution >= 0.6 is 23.2 Å². The summed E-state index contributed by atoms with van der Waals surface area (Å²) >= 11 is 11.8. The van der Waals surface area contributed by atoms with Gasteiger partial charge in [0.15, 0.2) is 0 Å². The first-order valence-corrected chi connectivity index (χ1v) is 7.34. The molecule has 1 aliphatic carbocycles.